The maximum absolute atomic E-state index is 10.6. The lowest BCUT2D eigenvalue weighted by Gasteiger charge is -2.07. The Labute approximate surface area is 102 Å². The number of carbonyl (C=O) groups is 1. The van der Waals surface area contributed by atoms with E-state index < -0.39 is 0 Å². The number of amides is 1. The van der Waals surface area contributed by atoms with Crippen LogP contribution in [-0.2, 0) is 4.79 Å². The predicted molar refractivity (Wildman–Crippen MR) is 69.8 cm³/mol. The summed E-state index contributed by atoms with van der Waals surface area (Å²) in [7, 11) is 0. The molecule has 94 valence electrons. The molecule has 0 saturated heterocycles. The number of aromatic nitrogens is 1. The molecule has 0 unspecified atom stereocenters. The summed E-state index contributed by atoms with van der Waals surface area (Å²) in [6.07, 6.45) is 1.95. The fourth-order valence-corrected chi connectivity index (χ4v) is 1.40. The van der Waals surface area contributed by atoms with Crippen LogP contribution in [0.1, 0.15) is 25.5 Å². The second-order valence-electron chi connectivity index (χ2n) is 3.99. The Morgan fingerprint density at radius 1 is 1.35 bits per heavy atom. The van der Waals surface area contributed by atoms with Gasteiger partial charge < -0.3 is 16.4 Å². The molecule has 0 radical (unpaired) electrons. The Bertz CT molecular complexity index is 379. The first-order valence-electron chi connectivity index (χ1n) is 5.81. The zero-order valence-corrected chi connectivity index (χ0v) is 10.4. The third-order valence-corrected chi connectivity index (χ3v) is 2.41. The maximum atomic E-state index is 10.6. The molecule has 4 N–H and O–H groups in total. The van der Waals surface area contributed by atoms with Crippen LogP contribution in [0.2, 0.25) is 0 Å². The quantitative estimate of drug-likeness (QED) is 0.650. The van der Waals surface area contributed by atoms with Gasteiger partial charge in [-0.1, -0.05) is 0 Å². The van der Waals surface area contributed by atoms with Crippen molar-refractivity contribution in [3.63, 3.8) is 0 Å². The molecule has 1 amide bonds. The number of hydrogen-bond donors (Lipinski definition) is 3. The summed E-state index contributed by atoms with van der Waals surface area (Å²) in [5, 5.41) is 5.98. The average Bonchev–Trinajstić information content (AvgIpc) is 2.27. The molecule has 17 heavy (non-hydrogen) atoms. The number of anilines is 2. The Hall–Kier alpha value is -1.78. The van der Waals surface area contributed by atoms with Crippen molar-refractivity contribution in [1.82, 2.24) is 10.3 Å². The van der Waals surface area contributed by atoms with E-state index in [9.17, 15) is 4.79 Å². The van der Waals surface area contributed by atoms with Gasteiger partial charge in [-0.25, -0.2) is 4.98 Å². The van der Waals surface area contributed by atoms with Gasteiger partial charge in [0.2, 0.25) is 5.91 Å². The van der Waals surface area contributed by atoms with Crippen molar-refractivity contribution in [2.45, 2.75) is 26.7 Å². The second kappa shape index (κ2) is 6.73. The Morgan fingerprint density at radius 3 is 2.71 bits per heavy atom. The minimum absolute atomic E-state index is 0.0220. The first-order chi connectivity index (χ1) is 8.09. The van der Waals surface area contributed by atoms with Crippen molar-refractivity contribution in [2.24, 2.45) is 0 Å². The van der Waals surface area contributed by atoms with Gasteiger partial charge in [-0.2, -0.15) is 0 Å². The summed E-state index contributed by atoms with van der Waals surface area (Å²) in [4.78, 5) is 14.9. The van der Waals surface area contributed by atoms with Gasteiger partial charge in [-0.15, -0.1) is 0 Å². The highest BCUT2D eigenvalue weighted by Gasteiger charge is 1.97. The lowest BCUT2D eigenvalue weighted by atomic mass is 10.3. The summed E-state index contributed by atoms with van der Waals surface area (Å²) in [6.45, 7) is 4.98. The van der Waals surface area contributed by atoms with Crippen LogP contribution in [0, 0.1) is 6.92 Å². The molecule has 5 nitrogen and oxygen atoms in total. The molecule has 0 saturated carbocycles. The topological polar surface area (TPSA) is 80.0 Å². The van der Waals surface area contributed by atoms with Crippen molar-refractivity contribution in [3.05, 3.63) is 17.8 Å². The number of hydrogen-bond acceptors (Lipinski definition) is 4. The van der Waals surface area contributed by atoms with Gasteiger partial charge in [0.15, 0.2) is 0 Å². The van der Waals surface area contributed by atoms with Crippen LogP contribution in [0.5, 0.6) is 0 Å². The number of unbranched alkanes of at least 4 members (excludes halogenated alkanes) is 1. The van der Waals surface area contributed by atoms with Gasteiger partial charge >= 0.3 is 0 Å². The Kier molecular flexibility index (Phi) is 5.26. The number of nitrogens with zero attached hydrogens (tertiary/aromatic N) is 1. The molecule has 1 aromatic rings. The van der Waals surface area contributed by atoms with Crippen LogP contribution in [0.4, 0.5) is 11.5 Å². The first kappa shape index (κ1) is 13.3. The molecular formula is C12H20N4O. The van der Waals surface area contributed by atoms with Crippen molar-refractivity contribution < 1.29 is 4.79 Å². The molecule has 1 rings (SSSR count). The van der Waals surface area contributed by atoms with Crippen LogP contribution in [0.25, 0.3) is 0 Å². The molecule has 0 spiro atoms. The Morgan fingerprint density at radius 2 is 2.06 bits per heavy atom. The normalized spacial score (nSPS) is 10.0. The van der Waals surface area contributed by atoms with E-state index in [-0.39, 0.29) is 5.91 Å². The number of nitrogen functional groups attached to an aromatic ring is 1. The van der Waals surface area contributed by atoms with Crippen molar-refractivity contribution >= 4 is 17.4 Å². The molecule has 1 heterocycles. The van der Waals surface area contributed by atoms with Gasteiger partial charge in [0.05, 0.1) is 11.4 Å². The maximum Gasteiger partial charge on any atom is 0.216 e. The number of nitrogens with one attached hydrogen (secondary N) is 2. The van der Waals surface area contributed by atoms with Gasteiger partial charge in [-0.3, -0.25) is 4.79 Å². The molecule has 5 heteroatoms. The highest BCUT2D eigenvalue weighted by molar-refractivity contribution is 5.72. The monoisotopic (exact) mass is 236 g/mol. The van der Waals surface area contributed by atoms with Crippen molar-refractivity contribution in [2.75, 3.05) is 24.1 Å². The standard InChI is InChI=1S/C12H20N4O/c1-9-11(13)5-6-12(16-9)15-8-4-3-7-14-10(2)17/h5-6H,3-4,7-8,13H2,1-2H3,(H,14,17)(H,15,16). The summed E-state index contributed by atoms with van der Waals surface area (Å²) >= 11 is 0. The summed E-state index contributed by atoms with van der Waals surface area (Å²) < 4.78 is 0. The lowest BCUT2D eigenvalue weighted by Crippen LogP contribution is -2.21. The number of aryl methyl sites for hydroxylation is 1. The zero-order chi connectivity index (χ0) is 12.7. The first-order valence-corrected chi connectivity index (χ1v) is 5.81. The minimum Gasteiger partial charge on any atom is -0.397 e. The van der Waals surface area contributed by atoms with Crippen molar-refractivity contribution in [3.8, 4) is 0 Å². The van der Waals surface area contributed by atoms with Gasteiger partial charge in [0.25, 0.3) is 0 Å². The van der Waals surface area contributed by atoms with Crippen LogP contribution in [-0.4, -0.2) is 24.0 Å². The number of rotatable bonds is 6. The lowest BCUT2D eigenvalue weighted by molar-refractivity contribution is -0.118. The van der Waals surface area contributed by atoms with E-state index in [1.165, 1.54) is 6.92 Å². The van der Waals surface area contributed by atoms with E-state index >= 15 is 0 Å². The molecule has 0 bridgehead atoms. The third-order valence-electron chi connectivity index (χ3n) is 2.41. The number of carbonyl (C=O) groups excluding carboxylic acids is 1. The van der Waals surface area contributed by atoms with Gasteiger partial charge in [0, 0.05) is 20.0 Å². The largest absolute Gasteiger partial charge is 0.397 e. The summed E-state index contributed by atoms with van der Waals surface area (Å²) in [5.74, 6) is 0.866. The van der Waals surface area contributed by atoms with Gasteiger partial charge in [0.1, 0.15) is 5.82 Å². The van der Waals surface area contributed by atoms with E-state index in [4.69, 9.17) is 5.73 Å². The molecular weight excluding hydrogens is 216 g/mol. The highest BCUT2D eigenvalue weighted by atomic mass is 16.1. The second-order valence-corrected chi connectivity index (χ2v) is 3.99. The molecule has 0 aromatic carbocycles. The fraction of sp³-hybridized carbons (Fsp3) is 0.500. The van der Waals surface area contributed by atoms with E-state index in [1.807, 2.05) is 19.1 Å². The minimum atomic E-state index is 0.0220. The van der Waals surface area contributed by atoms with Crippen LogP contribution in [0.15, 0.2) is 12.1 Å². The highest BCUT2D eigenvalue weighted by Crippen LogP contribution is 2.11. The van der Waals surface area contributed by atoms with Gasteiger partial charge in [-0.05, 0) is 31.9 Å². The zero-order valence-electron chi connectivity index (χ0n) is 10.4. The van der Waals surface area contributed by atoms with E-state index in [0.717, 1.165) is 37.4 Å². The molecule has 0 atom stereocenters. The molecule has 0 aliphatic carbocycles. The van der Waals surface area contributed by atoms with Crippen molar-refractivity contribution in [1.29, 1.82) is 0 Å². The summed E-state index contributed by atoms with van der Waals surface area (Å²) in [5.41, 5.74) is 7.23. The van der Waals surface area contributed by atoms with Crippen LogP contribution in [0.3, 0.4) is 0 Å². The van der Waals surface area contributed by atoms with Crippen LogP contribution >= 0.6 is 0 Å². The molecule has 1 aromatic heterocycles. The smallest absolute Gasteiger partial charge is 0.216 e. The average molecular weight is 236 g/mol. The van der Waals surface area contributed by atoms with E-state index in [2.05, 4.69) is 15.6 Å². The third kappa shape index (κ3) is 5.19. The number of nitrogens with two attached hydrogens (primary N) is 1. The fourth-order valence-electron chi connectivity index (χ4n) is 1.40. The molecule has 0 aliphatic heterocycles. The van der Waals surface area contributed by atoms with Crippen LogP contribution < -0.4 is 16.4 Å². The van der Waals surface area contributed by atoms with E-state index in [0.29, 0.717) is 5.69 Å². The predicted octanol–water partition coefficient (Wildman–Crippen LogP) is 1.30. The Balaban J connectivity index is 2.18. The number of pyridine rings is 1. The SMILES string of the molecule is CC(=O)NCCCCNc1ccc(N)c(C)n1. The molecule has 0 aliphatic rings. The molecule has 0 fully saturated rings. The van der Waals surface area contributed by atoms with E-state index in [1.54, 1.807) is 0 Å². The summed E-state index contributed by atoms with van der Waals surface area (Å²) in [6, 6.07) is 3.72.